The lowest BCUT2D eigenvalue weighted by molar-refractivity contribution is -0.139. The molecule has 1 aromatic heterocycles. The smallest absolute Gasteiger partial charge is 0.225 e. The number of rotatable bonds is 5. The molecule has 114 valence electrons. The Hall–Kier alpha value is -1.62. The van der Waals surface area contributed by atoms with Crippen molar-refractivity contribution in [3.05, 3.63) is 23.4 Å². The van der Waals surface area contributed by atoms with Gasteiger partial charge < -0.3 is 14.4 Å². The summed E-state index contributed by atoms with van der Waals surface area (Å²) in [5, 5.41) is 0. The quantitative estimate of drug-likeness (QED) is 0.776. The van der Waals surface area contributed by atoms with E-state index >= 15 is 0 Å². The largest absolute Gasteiger partial charge is 0.475 e. The van der Waals surface area contributed by atoms with Crippen molar-refractivity contribution in [2.75, 3.05) is 26.9 Å². The van der Waals surface area contributed by atoms with Crippen LogP contribution in [-0.4, -0.2) is 42.7 Å². The van der Waals surface area contributed by atoms with Crippen LogP contribution in [0.4, 0.5) is 0 Å². The zero-order valence-electron chi connectivity index (χ0n) is 12.5. The van der Waals surface area contributed by atoms with Gasteiger partial charge in [0.15, 0.2) is 0 Å². The number of hydrogen-bond donors (Lipinski definition) is 0. The van der Waals surface area contributed by atoms with Crippen molar-refractivity contribution >= 4 is 5.91 Å². The fraction of sp³-hybridized carbons (Fsp3) is 0.625. The Bertz CT molecular complexity index is 514. The number of nitrogens with zero attached hydrogens (tertiary/aromatic N) is 2. The fourth-order valence-electron chi connectivity index (χ4n) is 2.81. The minimum absolute atomic E-state index is 0.274. The molecule has 2 heterocycles. The predicted octanol–water partition coefficient (Wildman–Crippen LogP) is 1.79. The third-order valence-corrected chi connectivity index (χ3v) is 4.33. The average molecular weight is 290 g/mol. The van der Waals surface area contributed by atoms with E-state index in [4.69, 9.17) is 9.47 Å². The lowest BCUT2D eigenvalue weighted by Gasteiger charge is -2.34. The molecule has 0 N–H and O–H groups in total. The average Bonchev–Trinajstić information content (AvgIpc) is 2.45. The first-order valence-electron chi connectivity index (χ1n) is 7.67. The standard InChI is InChI=1S/C16H22N2O3/c1-20-9-10-21-15-6-5-13-11-18(8-7-14(13)17-15)16(19)12-3-2-4-12/h5-6,12H,2-4,7-11H2,1H3. The maximum atomic E-state index is 12.3. The maximum absolute atomic E-state index is 12.3. The minimum atomic E-state index is 0.274. The van der Waals surface area contributed by atoms with Crippen LogP contribution in [0.5, 0.6) is 5.88 Å². The molecule has 0 bridgehead atoms. The third-order valence-electron chi connectivity index (χ3n) is 4.33. The molecule has 3 rings (SSSR count). The van der Waals surface area contributed by atoms with Gasteiger partial charge in [0.25, 0.3) is 0 Å². The Morgan fingerprint density at radius 1 is 1.38 bits per heavy atom. The second-order valence-electron chi connectivity index (χ2n) is 5.73. The highest BCUT2D eigenvalue weighted by molar-refractivity contribution is 5.79. The second kappa shape index (κ2) is 6.43. The zero-order chi connectivity index (χ0) is 14.7. The number of aromatic nitrogens is 1. The molecular formula is C16H22N2O3. The van der Waals surface area contributed by atoms with Crippen LogP contribution in [0.3, 0.4) is 0 Å². The van der Waals surface area contributed by atoms with E-state index in [1.165, 1.54) is 6.42 Å². The van der Waals surface area contributed by atoms with Gasteiger partial charge in [0.2, 0.25) is 11.8 Å². The molecule has 0 spiro atoms. The molecule has 0 atom stereocenters. The normalized spacial score (nSPS) is 18.0. The van der Waals surface area contributed by atoms with Gasteiger partial charge in [0.1, 0.15) is 6.61 Å². The highest BCUT2D eigenvalue weighted by Gasteiger charge is 2.31. The van der Waals surface area contributed by atoms with Gasteiger partial charge in [-0.25, -0.2) is 4.98 Å². The van der Waals surface area contributed by atoms with E-state index in [9.17, 15) is 4.79 Å². The molecule has 1 amide bonds. The lowest BCUT2D eigenvalue weighted by atomic mass is 9.84. The fourth-order valence-corrected chi connectivity index (χ4v) is 2.81. The summed E-state index contributed by atoms with van der Waals surface area (Å²) >= 11 is 0. The second-order valence-corrected chi connectivity index (χ2v) is 5.73. The molecule has 1 saturated carbocycles. The van der Waals surface area contributed by atoms with Crippen molar-refractivity contribution in [3.63, 3.8) is 0 Å². The summed E-state index contributed by atoms with van der Waals surface area (Å²) in [7, 11) is 1.65. The first-order chi connectivity index (χ1) is 10.3. The Morgan fingerprint density at radius 2 is 2.24 bits per heavy atom. The van der Waals surface area contributed by atoms with Gasteiger partial charge >= 0.3 is 0 Å². The van der Waals surface area contributed by atoms with Crippen molar-refractivity contribution < 1.29 is 14.3 Å². The molecule has 0 aromatic carbocycles. The van der Waals surface area contributed by atoms with Crippen molar-refractivity contribution in [1.82, 2.24) is 9.88 Å². The number of ether oxygens (including phenoxy) is 2. The monoisotopic (exact) mass is 290 g/mol. The van der Waals surface area contributed by atoms with Crippen molar-refractivity contribution in [3.8, 4) is 5.88 Å². The van der Waals surface area contributed by atoms with Crippen LogP contribution in [-0.2, 0) is 22.5 Å². The van der Waals surface area contributed by atoms with E-state index in [0.29, 0.717) is 31.5 Å². The molecule has 1 aromatic rings. The number of hydrogen-bond acceptors (Lipinski definition) is 4. The molecule has 1 aliphatic carbocycles. The highest BCUT2D eigenvalue weighted by Crippen LogP contribution is 2.30. The first-order valence-corrected chi connectivity index (χ1v) is 7.67. The summed E-state index contributed by atoms with van der Waals surface area (Å²) in [6.07, 6.45) is 4.14. The van der Waals surface area contributed by atoms with E-state index in [2.05, 4.69) is 4.98 Å². The van der Waals surface area contributed by atoms with Gasteiger partial charge in [-0.15, -0.1) is 0 Å². The molecule has 1 aliphatic heterocycles. The number of carbonyl (C=O) groups is 1. The number of fused-ring (bicyclic) bond motifs is 1. The van der Waals surface area contributed by atoms with E-state index in [1.807, 2.05) is 17.0 Å². The summed E-state index contributed by atoms with van der Waals surface area (Å²) in [4.78, 5) is 18.8. The van der Waals surface area contributed by atoms with Crippen LogP contribution in [0, 0.1) is 5.92 Å². The summed E-state index contributed by atoms with van der Waals surface area (Å²) in [6, 6.07) is 3.91. The minimum Gasteiger partial charge on any atom is -0.475 e. The van der Waals surface area contributed by atoms with Gasteiger partial charge in [0.05, 0.1) is 12.3 Å². The SMILES string of the molecule is COCCOc1ccc2c(n1)CCN(C(=O)C1CCC1)C2. The summed E-state index contributed by atoms with van der Waals surface area (Å²) in [6.45, 7) is 2.53. The molecule has 21 heavy (non-hydrogen) atoms. The first kappa shape index (κ1) is 14.3. The summed E-state index contributed by atoms with van der Waals surface area (Å²) in [5.74, 6) is 1.24. The number of amides is 1. The van der Waals surface area contributed by atoms with Crippen LogP contribution >= 0.6 is 0 Å². The molecular weight excluding hydrogens is 268 g/mol. The molecule has 0 saturated heterocycles. The van der Waals surface area contributed by atoms with Gasteiger partial charge in [-0.2, -0.15) is 0 Å². The predicted molar refractivity (Wildman–Crippen MR) is 78.1 cm³/mol. The summed E-state index contributed by atoms with van der Waals surface area (Å²) < 4.78 is 10.5. The Morgan fingerprint density at radius 3 is 2.95 bits per heavy atom. The van der Waals surface area contributed by atoms with Gasteiger partial charge in [-0.3, -0.25) is 4.79 Å². The lowest BCUT2D eigenvalue weighted by Crippen LogP contribution is -2.42. The third kappa shape index (κ3) is 3.18. The van der Waals surface area contributed by atoms with Gasteiger partial charge in [0, 0.05) is 38.6 Å². The summed E-state index contributed by atoms with van der Waals surface area (Å²) in [5.41, 5.74) is 2.20. The van der Waals surface area contributed by atoms with Gasteiger partial charge in [-0.1, -0.05) is 12.5 Å². The van der Waals surface area contributed by atoms with Crippen LogP contribution in [0.25, 0.3) is 0 Å². The maximum Gasteiger partial charge on any atom is 0.225 e. The van der Waals surface area contributed by atoms with Crippen LogP contribution < -0.4 is 4.74 Å². The molecule has 5 nitrogen and oxygen atoms in total. The van der Waals surface area contributed by atoms with Gasteiger partial charge in [-0.05, 0) is 18.4 Å². The molecule has 5 heteroatoms. The van der Waals surface area contributed by atoms with Crippen molar-refractivity contribution in [2.45, 2.75) is 32.2 Å². The van der Waals surface area contributed by atoms with Crippen LogP contribution in [0.1, 0.15) is 30.5 Å². The number of pyridine rings is 1. The zero-order valence-corrected chi connectivity index (χ0v) is 12.5. The molecule has 1 fully saturated rings. The Balaban J connectivity index is 1.62. The Kier molecular flexibility index (Phi) is 4.39. The van der Waals surface area contributed by atoms with E-state index < -0.39 is 0 Å². The highest BCUT2D eigenvalue weighted by atomic mass is 16.5. The van der Waals surface area contributed by atoms with E-state index in [1.54, 1.807) is 7.11 Å². The van der Waals surface area contributed by atoms with Crippen molar-refractivity contribution in [1.29, 1.82) is 0 Å². The topological polar surface area (TPSA) is 51.7 Å². The van der Waals surface area contributed by atoms with Crippen LogP contribution in [0.15, 0.2) is 12.1 Å². The van der Waals surface area contributed by atoms with E-state index in [0.717, 1.165) is 37.1 Å². The number of methoxy groups -OCH3 is 1. The Labute approximate surface area is 125 Å². The molecule has 0 radical (unpaired) electrons. The molecule has 2 aliphatic rings. The molecule has 0 unspecified atom stereocenters. The van der Waals surface area contributed by atoms with Crippen LogP contribution in [0.2, 0.25) is 0 Å². The van der Waals surface area contributed by atoms with Crippen molar-refractivity contribution in [2.24, 2.45) is 5.92 Å². The number of carbonyl (C=O) groups excluding carboxylic acids is 1. The van der Waals surface area contributed by atoms with E-state index in [-0.39, 0.29) is 5.92 Å².